The van der Waals surface area contributed by atoms with Gasteiger partial charge in [0, 0.05) is 31.4 Å². The highest BCUT2D eigenvalue weighted by Gasteiger charge is 2.45. The molecular formula is C21H34N4O2. The maximum atomic E-state index is 13.4. The smallest absolute Gasteiger partial charge is 0.244 e. The van der Waals surface area contributed by atoms with Gasteiger partial charge in [0.25, 0.3) is 0 Å². The van der Waals surface area contributed by atoms with Gasteiger partial charge in [0.15, 0.2) is 0 Å². The van der Waals surface area contributed by atoms with E-state index in [4.69, 9.17) is 0 Å². The first-order chi connectivity index (χ1) is 12.8. The Kier molecular flexibility index (Phi) is 6.21. The van der Waals surface area contributed by atoms with E-state index in [1.54, 1.807) is 0 Å². The third kappa shape index (κ3) is 4.04. The van der Waals surface area contributed by atoms with Crippen LogP contribution in [0.5, 0.6) is 0 Å². The molecule has 2 saturated heterocycles. The van der Waals surface area contributed by atoms with Crippen LogP contribution in [0, 0.1) is 13.8 Å². The summed E-state index contributed by atoms with van der Waals surface area (Å²) in [5.41, 5.74) is 2.60. The number of β-amino-alcohol motifs (C(OH)–C–C–N with tert-alkyl or cyclic N) is 1. The number of likely N-dealkylation sites (tertiary alicyclic amines) is 1. The van der Waals surface area contributed by atoms with Crippen LogP contribution in [-0.4, -0.2) is 78.8 Å². The summed E-state index contributed by atoms with van der Waals surface area (Å²) in [6.45, 7) is 7.34. The number of para-hydroxylation sites is 1. The minimum absolute atomic E-state index is 0.0791. The van der Waals surface area contributed by atoms with Crippen molar-refractivity contribution >= 4 is 11.6 Å². The number of anilines is 1. The highest BCUT2D eigenvalue weighted by Crippen LogP contribution is 2.32. The first-order valence-corrected chi connectivity index (χ1v) is 10.0. The second-order valence-corrected chi connectivity index (χ2v) is 8.31. The van der Waals surface area contributed by atoms with Crippen molar-refractivity contribution < 1.29 is 9.90 Å². The number of carbonyl (C=O) groups excluding carboxylic acids is 1. The topological polar surface area (TPSA) is 67.8 Å². The lowest BCUT2D eigenvalue weighted by Gasteiger charge is -2.48. The van der Waals surface area contributed by atoms with Gasteiger partial charge in [-0.25, -0.2) is 0 Å². The molecule has 3 rings (SSSR count). The van der Waals surface area contributed by atoms with Crippen molar-refractivity contribution in [2.75, 3.05) is 45.6 Å². The maximum Gasteiger partial charge on any atom is 0.244 e. The molecule has 27 heavy (non-hydrogen) atoms. The molecule has 1 aromatic carbocycles. The molecule has 1 aromatic rings. The monoisotopic (exact) mass is 374 g/mol. The van der Waals surface area contributed by atoms with Crippen LogP contribution in [0.2, 0.25) is 0 Å². The molecule has 3 N–H and O–H groups in total. The van der Waals surface area contributed by atoms with Gasteiger partial charge in [0.05, 0.1) is 6.10 Å². The van der Waals surface area contributed by atoms with Crippen molar-refractivity contribution in [3.8, 4) is 0 Å². The summed E-state index contributed by atoms with van der Waals surface area (Å²) in [5.74, 6) is 0.0791. The Morgan fingerprint density at radius 1 is 1.26 bits per heavy atom. The molecule has 0 bridgehead atoms. The minimum atomic E-state index is -0.511. The predicted molar refractivity (Wildman–Crippen MR) is 109 cm³/mol. The zero-order valence-electron chi connectivity index (χ0n) is 17.1. The zero-order valence-corrected chi connectivity index (χ0v) is 17.1. The highest BCUT2D eigenvalue weighted by molar-refractivity contribution is 5.99. The van der Waals surface area contributed by atoms with E-state index in [-0.39, 0.29) is 18.1 Å². The lowest BCUT2D eigenvalue weighted by atomic mass is 9.83. The van der Waals surface area contributed by atoms with Crippen molar-refractivity contribution in [1.82, 2.24) is 15.1 Å². The number of nitrogens with one attached hydrogen (secondary N) is 2. The van der Waals surface area contributed by atoms with E-state index in [0.717, 1.165) is 55.7 Å². The molecule has 150 valence electrons. The highest BCUT2D eigenvalue weighted by atomic mass is 16.3. The molecular weight excluding hydrogens is 340 g/mol. The molecule has 0 saturated carbocycles. The van der Waals surface area contributed by atoms with Gasteiger partial charge in [-0.3, -0.25) is 14.6 Å². The summed E-state index contributed by atoms with van der Waals surface area (Å²) >= 11 is 0. The van der Waals surface area contributed by atoms with E-state index >= 15 is 0 Å². The largest absolute Gasteiger partial charge is 0.390 e. The number of aryl methyl sites for hydroxylation is 2. The number of amides is 1. The number of nitrogens with zero attached hydrogens (tertiary/aromatic N) is 2. The van der Waals surface area contributed by atoms with Crippen LogP contribution in [0.3, 0.4) is 0 Å². The van der Waals surface area contributed by atoms with E-state index in [9.17, 15) is 9.90 Å². The molecule has 2 fully saturated rings. The average Bonchev–Trinajstić information content (AvgIpc) is 2.65. The van der Waals surface area contributed by atoms with E-state index in [0.29, 0.717) is 6.54 Å². The van der Waals surface area contributed by atoms with Crippen LogP contribution < -0.4 is 10.6 Å². The van der Waals surface area contributed by atoms with Gasteiger partial charge < -0.3 is 15.7 Å². The molecule has 6 heteroatoms. The quantitative estimate of drug-likeness (QED) is 0.743. The van der Waals surface area contributed by atoms with Gasteiger partial charge in [-0.1, -0.05) is 18.2 Å². The SMILES string of the molecule is Cc1cccc(C)c1NC(=O)C1(N(C)C)CCN(C2CCNCC2O)CC1. The fraction of sp³-hybridized carbons (Fsp3) is 0.667. The molecule has 0 aromatic heterocycles. The predicted octanol–water partition coefficient (Wildman–Crippen LogP) is 1.36. The second-order valence-electron chi connectivity index (χ2n) is 8.31. The Labute approximate surface area is 162 Å². The molecule has 0 radical (unpaired) electrons. The summed E-state index contributed by atoms with van der Waals surface area (Å²) in [4.78, 5) is 17.8. The fourth-order valence-electron chi connectivity index (χ4n) is 4.60. The van der Waals surface area contributed by atoms with E-state index in [1.165, 1.54) is 0 Å². The van der Waals surface area contributed by atoms with E-state index in [1.807, 2.05) is 46.1 Å². The van der Waals surface area contributed by atoms with Crippen molar-refractivity contribution in [2.24, 2.45) is 0 Å². The first kappa shape index (κ1) is 20.3. The molecule has 2 unspecified atom stereocenters. The summed E-state index contributed by atoms with van der Waals surface area (Å²) in [5, 5.41) is 16.8. The summed E-state index contributed by atoms with van der Waals surface area (Å²) in [7, 11) is 4.00. The molecule has 2 aliphatic heterocycles. The van der Waals surface area contributed by atoms with Crippen molar-refractivity contribution in [3.63, 3.8) is 0 Å². The summed E-state index contributed by atoms with van der Waals surface area (Å²) in [6, 6.07) is 6.29. The van der Waals surface area contributed by atoms with Gasteiger partial charge in [-0.05, 0) is 64.9 Å². The Morgan fingerprint density at radius 3 is 2.44 bits per heavy atom. The van der Waals surface area contributed by atoms with Crippen molar-refractivity contribution in [2.45, 2.75) is 50.8 Å². The van der Waals surface area contributed by atoms with E-state index in [2.05, 4.69) is 20.4 Å². The number of hydrogen-bond acceptors (Lipinski definition) is 5. The number of piperidine rings is 2. The maximum absolute atomic E-state index is 13.4. The van der Waals surface area contributed by atoms with E-state index < -0.39 is 5.54 Å². The van der Waals surface area contributed by atoms with Crippen LogP contribution in [0.15, 0.2) is 18.2 Å². The normalized spacial score (nSPS) is 26.1. The number of benzene rings is 1. The van der Waals surface area contributed by atoms with Crippen molar-refractivity contribution in [3.05, 3.63) is 29.3 Å². The molecule has 0 spiro atoms. The number of likely N-dealkylation sites (N-methyl/N-ethyl adjacent to an activating group) is 1. The van der Waals surface area contributed by atoms with Crippen LogP contribution in [0.1, 0.15) is 30.4 Å². The Balaban J connectivity index is 1.73. The Hall–Kier alpha value is -1.47. The lowest BCUT2D eigenvalue weighted by molar-refractivity contribution is -0.130. The molecule has 2 heterocycles. The van der Waals surface area contributed by atoms with Crippen LogP contribution >= 0.6 is 0 Å². The van der Waals surface area contributed by atoms with Gasteiger partial charge in [0.2, 0.25) is 5.91 Å². The molecule has 6 nitrogen and oxygen atoms in total. The lowest BCUT2D eigenvalue weighted by Crippen LogP contribution is -2.63. The fourth-order valence-corrected chi connectivity index (χ4v) is 4.60. The third-order valence-electron chi connectivity index (χ3n) is 6.51. The molecule has 0 aliphatic carbocycles. The number of rotatable bonds is 4. The molecule has 1 amide bonds. The zero-order chi connectivity index (χ0) is 19.6. The third-order valence-corrected chi connectivity index (χ3v) is 6.51. The number of carbonyl (C=O) groups is 1. The summed E-state index contributed by atoms with van der Waals surface area (Å²) in [6.07, 6.45) is 2.18. The number of aliphatic hydroxyl groups is 1. The molecule has 2 atom stereocenters. The van der Waals surface area contributed by atoms with Crippen LogP contribution in [0.4, 0.5) is 5.69 Å². The Morgan fingerprint density at radius 2 is 1.89 bits per heavy atom. The van der Waals surface area contributed by atoms with Crippen molar-refractivity contribution in [1.29, 1.82) is 0 Å². The van der Waals surface area contributed by atoms with Crippen LogP contribution in [0.25, 0.3) is 0 Å². The van der Waals surface area contributed by atoms with Gasteiger partial charge in [-0.2, -0.15) is 0 Å². The number of aliphatic hydroxyl groups excluding tert-OH is 1. The van der Waals surface area contributed by atoms with Crippen LogP contribution in [-0.2, 0) is 4.79 Å². The van der Waals surface area contributed by atoms with Gasteiger partial charge in [0.1, 0.15) is 5.54 Å². The van der Waals surface area contributed by atoms with Gasteiger partial charge in [-0.15, -0.1) is 0 Å². The standard InChI is InChI=1S/C21H34N4O2/c1-15-6-5-7-16(2)19(15)23-20(27)21(24(3)4)9-12-25(13-10-21)17-8-11-22-14-18(17)26/h5-7,17-18,22,26H,8-14H2,1-4H3,(H,23,27). The Bertz CT molecular complexity index is 648. The molecule has 2 aliphatic rings. The minimum Gasteiger partial charge on any atom is -0.390 e. The average molecular weight is 375 g/mol. The summed E-state index contributed by atoms with van der Waals surface area (Å²) < 4.78 is 0. The number of hydrogen-bond donors (Lipinski definition) is 3. The second kappa shape index (κ2) is 8.27. The first-order valence-electron chi connectivity index (χ1n) is 10.0. The van der Waals surface area contributed by atoms with Gasteiger partial charge >= 0.3 is 0 Å².